The van der Waals surface area contributed by atoms with Crippen LogP contribution in [-0.2, 0) is 5.41 Å². The Balaban J connectivity index is 1.01. The summed E-state index contributed by atoms with van der Waals surface area (Å²) in [6, 6.07) is 66.5. The van der Waals surface area contributed by atoms with Crippen molar-refractivity contribution in [1.82, 2.24) is 0 Å². The number of hydrogen-bond acceptors (Lipinski definition) is 2. The molecule has 0 fully saturated rings. The highest BCUT2D eigenvalue weighted by molar-refractivity contribution is 6.13. The highest BCUT2D eigenvalue weighted by Gasteiger charge is 2.25. The Labute approximate surface area is 326 Å². The first kappa shape index (κ1) is 32.5. The number of fused-ring (bicyclic) bond motifs is 9. The minimum Gasteiger partial charge on any atom is -0.454 e. The maximum atomic E-state index is 6.62. The van der Waals surface area contributed by atoms with Gasteiger partial charge in [-0.25, -0.2) is 0 Å². The Morgan fingerprint density at radius 1 is 0.393 bits per heavy atom. The zero-order valence-electron chi connectivity index (χ0n) is 31.7. The molecule has 0 atom stereocenters. The third kappa shape index (κ3) is 5.25. The predicted octanol–water partition coefficient (Wildman–Crippen LogP) is 15.6. The Morgan fingerprint density at radius 2 is 0.929 bits per heavy atom. The Bertz CT molecular complexity index is 3140. The van der Waals surface area contributed by atoms with Gasteiger partial charge in [0.1, 0.15) is 5.58 Å². The molecule has 2 heteroatoms. The standard InChI is InChI=1S/C54H39NO/c1-54(2,3)42-23-18-36(19-24-42)37-16-17-38-30-47-48-31-39-22-27-44(29-41(39)33-50(48)49(47)32-40(38)28-37)55(43-25-20-35(21-26-43)34-10-5-4-6-11-34)51-14-9-13-46-45-12-7-8-15-52(45)56-53(46)51/h4-33H,1-3H3. The molecule has 0 N–H and O–H groups in total. The molecule has 0 spiro atoms. The molecule has 0 aliphatic heterocycles. The predicted molar refractivity (Wildman–Crippen MR) is 237 cm³/mol. The molecule has 2 nitrogen and oxygen atoms in total. The SMILES string of the molecule is CC(C)(C)c1ccc(-c2ccc3cc4c(cc3c2)-c2cc3cc(N(c5ccc(-c6ccccc6)cc5)c5cccc6c5oc5ccccc56)ccc3cc2-4)cc1. The minimum absolute atomic E-state index is 0.136. The van der Waals surface area contributed by atoms with E-state index in [2.05, 4.69) is 202 Å². The van der Waals surface area contributed by atoms with Gasteiger partial charge in [0.05, 0.1) is 5.69 Å². The van der Waals surface area contributed by atoms with Crippen molar-refractivity contribution in [2.45, 2.75) is 26.2 Å². The monoisotopic (exact) mass is 717 g/mol. The normalized spacial score (nSPS) is 12.2. The third-order valence-electron chi connectivity index (χ3n) is 11.7. The molecule has 11 rings (SSSR count). The molecule has 56 heavy (non-hydrogen) atoms. The van der Waals surface area contributed by atoms with Crippen molar-refractivity contribution in [2.75, 3.05) is 4.90 Å². The first-order chi connectivity index (χ1) is 27.4. The van der Waals surface area contributed by atoms with Crippen LogP contribution in [0.5, 0.6) is 0 Å². The van der Waals surface area contributed by atoms with Crippen LogP contribution >= 0.6 is 0 Å². The molecule has 1 aliphatic carbocycles. The van der Waals surface area contributed by atoms with E-state index in [-0.39, 0.29) is 5.41 Å². The fourth-order valence-electron chi connectivity index (χ4n) is 8.66. The van der Waals surface area contributed by atoms with E-state index in [4.69, 9.17) is 4.42 Å². The molecule has 1 heterocycles. The summed E-state index contributed by atoms with van der Waals surface area (Å²) in [5.74, 6) is 0. The molecule has 9 aromatic carbocycles. The lowest BCUT2D eigenvalue weighted by atomic mass is 9.77. The second kappa shape index (κ2) is 12.3. The van der Waals surface area contributed by atoms with E-state index in [0.29, 0.717) is 0 Å². The van der Waals surface area contributed by atoms with Crippen LogP contribution in [-0.4, -0.2) is 0 Å². The van der Waals surface area contributed by atoms with Crippen molar-refractivity contribution >= 4 is 60.5 Å². The van der Waals surface area contributed by atoms with E-state index in [1.165, 1.54) is 71.6 Å². The minimum atomic E-state index is 0.136. The summed E-state index contributed by atoms with van der Waals surface area (Å²) < 4.78 is 6.62. The second-order valence-corrected chi connectivity index (χ2v) is 16.2. The van der Waals surface area contributed by atoms with E-state index in [0.717, 1.165) is 39.0 Å². The van der Waals surface area contributed by atoms with Crippen LogP contribution in [0.1, 0.15) is 26.3 Å². The molecule has 0 amide bonds. The van der Waals surface area contributed by atoms with Gasteiger partial charge >= 0.3 is 0 Å². The fraction of sp³-hybridized carbons (Fsp3) is 0.0741. The van der Waals surface area contributed by atoms with Gasteiger partial charge in [-0.05, 0) is 144 Å². The zero-order chi connectivity index (χ0) is 37.5. The van der Waals surface area contributed by atoms with Crippen molar-refractivity contribution in [2.24, 2.45) is 0 Å². The highest BCUT2D eigenvalue weighted by atomic mass is 16.3. The van der Waals surface area contributed by atoms with Gasteiger partial charge < -0.3 is 9.32 Å². The summed E-state index contributed by atoms with van der Waals surface area (Å²) in [7, 11) is 0. The third-order valence-corrected chi connectivity index (χ3v) is 11.7. The molecule has 0 radical (unpaired) electrons. The van der Waals surface area contributed by atoms with Crippen molar-refractivity contribution in [1.29, 1.82) is 0 Å². The van der Waals surface area contributed by atoms with Gasteiger partial charge in [0.25, 0.3) is 0 Å². The molecule has 266 valence electrons. The smallest absolute Gasteiger partial charge is 0.159 e. The zero-order valence-corrected chi connectivity index (χ0v) is 31.7. The van der Waals surface area contributed by atoms with Crippen LogP contribution in [0.2, 0.25) is 0 Å². The van der Waals surface area contributed by atoms with Crippen LogP contribution < -0.4 is 4.90 Å². The number of nitrogens with zero attached hydrogens (tertiary/aromatic N) is 1. The van der Waals surface area contributed by atoms with Gasteiger partial charge in [0.15, 0.2) is 5.58 Å². The van der Waals surface area contributed by atoms with Crippen molar-refractivity contribution in [3.8, 4) is 44.5 Å². The van der Waals surface area contributed by atoms with Gasteiger partial charge in [-0.2, -0.15) is 0 Å². The first-order valence-electron chi connectivity index (χ1n) is 19.5. The summed E-state index contributed by atoms with van der Waals surface area (Å²) in [6.45, 7) is 6.79. The van der Waals surface area contributed by atoms with E-state index in [1.54, 1.807) is 0 Å². The summed E-state index contributed by atoms with van der Waals surface area (Å²) in [5, 5.41) is 7.22. The van der Waals surface area contributed by atoms with Crippen LogP contribution in [0.4, 0.5) is 17.1 Å². The summed E-state index contributed by atoms with van der Waals surface area (Å²) in [6.07, 6.45) is 0. The van der Waals surface area contributed by atoms with E-state index < -0.39 is 0 Å². The summed E-state index contributed by atoms with van der Waals surface area (Å²) in [5.41, 5.74) is 16.6. The van der Waals surface area contributed by atoms with Gasteiger partial charge in [-0.15, -0.1) is 0 Å². The Morgan fingerprint density at radius 3 is 1.64 bits per heavy atom. The summed E-state index contributed by atoms with van der Waals surface area (Å²) >= 11 is 0. The summed E-state index contributed by atoms with van der Waals surface area (Å²) in [4.78, 5) is 2.34. The topological polar surface area (TPSA) is 16.4 Å². The quantitative estimate of drug-likeness (QED) is 0.176. The molecule has 1 aromatic heterocycles. The van der Waals surface area contributed by atoms with E-state index in [9.17, 15) is 0 Å². The average molecular weight is 718 g/mol. The number of benzene rings is 9. The lowest BCUT2D eigenvalue weighted by Gasteiger charge is -2.28. The average Bonchev–Trinajstić information content (AvgIpc) is 3.62. The Kier molecular flexibility index (Phi) is 7.15. The maximum absolute atomic E-state index is 6.62. The molecule has 10 aromatic rings. The van der Waals surface area contributed by atoms with E-state index >= 15 is 0 Å². The van der Waals surface area contributed by atoms with Gasteiger partial charge in [0.2, 0.25) is 0 Å². The molecule has 0 unspecified atom stereocenters. The van der Waals surface area contributed by atoms with E-state index in [1.807, 2.05) is 6.07 Å². The molecule has 0 saturated carbocycles. The van der Waals surface area contributed by atoms with Gasteiger partial charge in [-0.3, -0.25) is 0 Å². The molecule has 0 bridgehead atoms. The number of rotatable bonds is 5. The fourth-order valence-corrected chi connectivity index (χ4v) is 8.66. The van der Waals surface area contributed by atoms with Crippen molar-refractivity contribution < 1.29 is 4.42 Å². The maximum Gasteiger partial charge on any atom is 0.159 e. The van der Waals surface area contributed by atoms with Crippen LogP contribution in [0.15, 0.2) is 186 Å². The first-order valence-corrected chi connectivity index (χ1v) is 19.5. The van der Waals surface area contributed by atoms with Crippen LogP contribution in [0, 0.1) is 0 Å². The van der Waals surface area contributed by atoms with Crippen molar-refractivity contribution in [3.63, 3.8) is 0 Å². The molecular weight excluding hydrogens is 679 g/mol. The number of para-hydroxylation sites is 2. The lowest BCUT2D eigenvalue weighted by molar-refractivity contribution is 0.590. The van der Waals surface area contributed by atoms with Crippen molar-refractivity contribution in [3.05, 3.63) is 188 Å². The van der Waals surface area contributed by atoms with Crippen LogP contribution in [0.3, 0.4) is 0 Å². The van der Waals surface area contributed by atoms with Crippen LogP contribution in [0.25, 0.3) is 88.0 Å². The Hall–Kier alpha value is -6.90. The molecule has 0 saturated heterocycles. The number of furan rings is 1. The lowest BCUT2D eigenvalue weighted by Crippen LogP contribution is -2.10. The number of anilines is 3. The molecular formula is C54H39NO. The molecule has 1 aliphatic rings. The number of hydrogen-bond donors (Lipinski definition) is 0. The van der Waals surface area contributed by atoms with Gasteiger partial charge in [-0.1, -0.05) is 136 Å². The highest BCUT2D eigenvalue weighted by Crippen LogP contribution is 2.51. The largest absolute Gasteiger partial charge is 0.454 e. The second-order valence-electron chi connectivity index (χ2n) is 16.2. The van der Waals surface area contributed by atoms with Gasteiger partial charge in [0, 0.05) is 22.1 Å².